The normalized spacial score (nSPS) is 16.7. The number of hydrogen-bond donors (Lipinski definition) is 0. The molecule has 0 N–H and O–H groups in total. The second-order valence-electron chi connectivity index (χ2n) is 13.5. The molecule has 0 fully saturated rings. The van der Waals surface area contributed by atoms with Gasteiger partial charge in [-0.25, -0.2) is 0 Å². The van der Waals surface area contributed by atoms with Crippen molar-refractivity contribution in [2.45, 2.75) is 65.5 Å². The van der Waals surface area contributed by atoms with Crippen molar-refractivity contribution in [3.63, 3.8) is 0 Å². The SMILES string of the molecule is FC(F)(F)c1ccc2[n-]c3ccccc3c2c1.[2H]C([2H])([2H])N1C=CN(c2[c-]c(N3C=CN(C([2H])([2H])[2H])[CH-]3)cc(-c3c(C(C)C)cc(C(C)C)cc3C(C)C)c2)[CH-]1.[Pt+4]. The smallest absolute Gasteiger partial charge is 0.657 e. The molecule has 4 aromatic carbocycles. The van der Waals surface area contributed by atoms with Gasteiger partial charge in [-0.3, -0.25) is 0 Å². The molecule has 0 unspecified atom stereocenters. The Morgan fingerprint density at radius 3 is 1.73 bits per heavy atom. The van der Waals surface area contributed by atoms with Gasteiger partial charge in [0.25, 0.3) is 0 Å². The number of para-hydroxylation sites is 1. The van der Waals surface area contributed by atoms with Crippen molar-refractivity contribution in [3.05, 3.63) is 133 Å². The molecule has 268 valence electrons. The number of alkyl halides is 3. The van der Waals surface area contributed by atoms with Crippen molar-refractivity contribution in [1.82, 2.24) is 14.8 Å². The zero-order valence-electron chi connectivity index (χ0n) is 35.2. The molecule has 0 saturated heterocycles. The standard InChI is InChI=1S/C29H37N4.C13H7F3N.Pt/c1-20(2)23-15-27(21(3)4)29(28(16-23)22(5)6)24-13-25(32-11-9-30(7)18-32)17-26(14-24)33-12-10-31(8)19-33;14-13(15,16)8-5-6-12-10(7-8)9-3-1-2-4-11(9)17-12;/h9-16,18-22H,1-8H3;1-7H;/q-3;-1;+4/i7D3,8D3;;. The van der Waals surface area contributed by atoms with Gasteiger partial charge in [-0.05, 0) is 95.6 Å². The number of hydrogen-bond acceptors (Lipinski definition) is 4. The van der Waals surface area contributed by atoms with Crippen molar-refractivity contribution in [2.75, 3.05) is 23.8 Å². The minimum absolute atomic E-state index is 0. The van der Waals surface area contributed by atoms with Crippen LogP contribution in [0.5, 0.6) is 0 Å². The minimum Gasteiger partial charge on any atom is -0.657 e. The van der Waals surface area contributed by atoms with E-state index in [1.54, 1.807) is 40.4 Å². The van der Waals surface area contributed by atoms with E-state index in [0.717, 1.165) is 34.2 Å². The van der Waals surface area contributed by atoms with Crippen molar-refractivity contribution in [3.8, 4) is 11.1 Å². The first-order chi connectivity index (χ1) is 26.1. The third kappa shape index (κ3) is 8.17. The number of anilines is 2. The second-order valence-corrected chi connectivity index (χ2v) is 13.5. The summed E-state index contributed by atoms with van der Waals surface area (Å²) in [7, 11) is 0. The molecule has 7 rings (SSSR count). The fourth-order valence-corrected chi connectivity index (χ4v) is 6.20. The fraction of sp³-hybridized carbons (Fsp3) is 0.286. The molecule has 0 saturated carbocycles. The van der Waals surface area contributed by atoms with Crippen LogP contribution in [0.25, 0.3) is 32.9 Å². The molecule has 3 heterocycles. The predicted octanol–water partition coefficient (Wildman–Crippen LogP) is 11.2. The Morgan fingerprint density at radius 2 is 1.24 bits per heavy atom. The van der Waals surface area contributed by atoms with E-state index in [2.05, 4.69) is 64.7 Å². The Morgan fingerprint density at radius 1 is 0.686 bits per heavy atom. The molecule has 5 aromatic rings. The van der Waals surface area contributed by atoms with Crippen LogP contribution < -0.4 is 14.8 Å². The van der Waals surface area contributed by atoms with Crippen LogP contribution >= 0.6 is 0 Å². The third-order valence-electron chi connectivity index (χ3n) is 8.85. The zero-order chi connectivity index (χ0) is 40.9. The Hall–Kier alpha value is -4.16. The van der Waals surface area contributed by atoms with Gasteiger partial charge in [-0.15, -0.1) is 46.2 Å². The van der Waals surface area contributed by atoms with E-state index >= 15 is 0 Å². The van der Waals surface area contributed by atoms with Crippen molar-refractivity contribution < 1.29 is 42.5 Å². The summed E-state index contributed by atoms with van der Waals surface area (Å²) in [6.07, 6.45) is 2.10. The molecule has 0 atom stereocenters. The molecule has 0 spiro atoms. The molecule has 0 radical (unpaired) electrons. The van der Waals surface area contributed by atoms with Gasteiger partial charge in [0.1, 0.15) is 0 Å². The molecule has 1 aromatic heterocycles. The summed E-state index contributed by atoms with van der Waals surface area (Å²) in [5.41, 5.74) is 7.86. The van der Waals surface area contributed by atoms with E-state index in [-0.39, 0.29) is 32.9 Å². The monoisotopic (exact) mass is 876 g/mol. The van der Waals surface area contributed by atoms with Gasteiger partial charge in [0.05, 0.1) is 5.56 Å². The maximum absolute atomic E-state index is 12.6. The maximum atomic E-state index is 12.6. The van der Waals surface area contributed by atoms with Crippen LogP contribution in [0.3, 0.4) is 0 Å². The second kappa shape index (κ2) is 15.2. The van der Waals surface area contributed by atoms with Gasteiger partial charge >= 0.3 is 27.2 Å². The minimum atomic E-state index is -4.31. The van der Waals surface area contributed by atoms with Crippen LogP contribution in [-0.2, 0) is 27.2 Å². The van der Waals surface area contributed by atoms with E-state index in [1.165, 1.54) is 58.3 Å². The summed E-state index contributed by atoms with van der Waals surface area (Å²) in [5.74, 6) is 0.913. The molecule has 5 nitrogen and oxygen atoms in total. The molecule has 2 aliphatic rings. The average Bonchev–Trinajstić information content (AvgIpc) is 3.89. The van der Waals surface area contributed by atoms with Crippen LogP contribution in [0, 0.1) is 19.4 Å². The molecule has 2 aliphatic heterocycles. The van der Waals surface area contributed by atoms with Crippen molar-refractivity contribution >= 4 is 33.2 Å². The molecule has 0 amide bonds. The van der Waals surface area contributed by atoms with Crippen molar-refractivity contribution in [1.29, 1.82) is 0 Å². The number of benzene rings is 4. The van der Waals surface area contributed by atoms with E-state index in [0.29, 0.717) is 28.2 Å². The average molecular weight is 877 g/mol. The third-order valence-corrected chi connectivity index (χ3v) is 8.85. The number of fused-ring (bicyclic) bond motifs is 3. The van der Waals surface area contributed by atoms with Gasteiger partial charge in [0, 0.05) is 8.22 Å². The van der Waals surface area contributed by atoms with Crippen molar-refractivity contribution in [2.24, 2.45) is 0 Å². The molecule has 51 heavy (non-hydrogen) atoms. The summed E-state index contributed by atoms with van der Waals surface area (Å²) in [6, 6.07) is 22.8. The quantitative estimate of drug-likeness (QED) is 0.158. The van der Waals surface area contributed by atoms with Crippen LogP contribution in [-0.4, -0.2) is 23.8 Å². The zero-order valence-corrected chi connectivity index (χ0v) is 31.5. The molecular formula is C42H44F3N5Pt. The Labute approximate surface area is 323 Å². The van der Waals surface area contributed by atoms with Gasteiger partial charge < -0.3 is 24.6 Å². The predicted molar refractivity (Wildman–Crippen MR) is 200 cm³/mol. The van der Waals surface area contributed by atoms with Crippen LogP contribution in [0.1, 0.15) is 89.8 Å². The topological polar surface area (TPSA) is 27.1 Å². The van der Waals surface area contributed by atoms with Gasteiger partial charge in [0.2, 0.25) is 0 Å². The summed E-state index contributed by atoms with van der Waals surface area (Å²) >= 11 is 0. The van der Waals surface area contributed by atoms with Gasteiger partial charge in [0.15, 0.2) is 0 Å². The van der Waals surface area contributed by atoms with E-state index in [4.69, 9.17) is 8.22 Å². The molecule has 0 bridgehead atoms. The summed E-state index contributed by atoms with van der Waals surface area (Å²) < 4.78 is 84.5. The Bertz CT molecular complexity index is 2190. The first-order valence-electron chi connectivity index (χ1n) is 19.6. The summed E-state index contributed by atoms with van der Waals surface area (Å²) in [4.78, 5) is 10.1. The molecule has 9 heteroatoms. The Kier molecular flexibility index (Phi) is 9.09. The summed E-state index contributed by atoms with van der Waals surface area (Å²) in [5, 5.41) is 1.31. The van der Waals surface area contributed by atoms with E-state index in [9.17, 15) is 13.2 Å². The number of halogens is 3. The molecular weight excluding hydrogens is 827 g/mol. The largest absolute Gasteiger partial charge is 4.00 e. The Balaban J connectivity index is 0.000000286. The number of aromatic nitrogens is 1. The van der Waals surface area contributed by atoms with E-state index in [1.807, 2.05) is 18.2 Å². The van der Waals surface area contributed by atoms with E-state index < -0.39 is 25.7 Å². The number of rotatable bonds is 6. The van der Waals surface area contributed by atoms with Crippen LogP contribution in [0.15, 0.2) is 91.5 Å². The maximum Gasteiger partial charge on any atom is 4.00 e. The van der Waals surface area contributed by atoms with Gasteiger partial charge in [-0.2, -0.15) is 26.5 Å². The van der Waals surface area contributed by atoms with Crippen LogP contribution in [0.2, 0.25) is 0 Å². The first-order valence-corrected chi connectivity index (χ1v) is 16.6. The fourth-order valence-electron chi connectivity index (χ4n) is 6.20. The van der Waals surface area contributed by atoms with Gasteiger partial charge in [-0.1, -0.05) is 90.1 Å². The molecule has 0 aliphatic carbocycles. The van der Waals surface area contributed by atoms with Crippen LogP contribution in [0.4, 0.5) is 24.5 Å². The summed E-state index contributed by atoms with van der Waals surface area (Å²) in [6.45, 7) is 11.6. The first kappa shape index (κ1) is 30.5. The number of nitrogens with zero attached hydrogens (tertiary/aromatic N) is 5.